The van der Waals surface area contributed by atoms with Gasteiger partial charge in [-0.3, -0.25) is 0 Å². The minimum Gasteiger partial charge on any atom is -0.394 e. The third kappa shape index (κ3) is 4.04. The minimum absolute atomic E-state index is 0.0175. The number of aliphatic hydroxyl groups is 1. The fourth-order valence-electron chi connectivity index (χ4n) is 0.677. The monoisotopic (exact) mass is 219 g/mol. The van der Waals surface area contributed by atoms with E-state index in [1.54, 1.807) is 18.1 Å². The van der Waals surface area contributed by atoms with E-state index in [9.17, 15) is 0 Å². The number of hydrogen-bond donors (Lipinski definition) is 2. The number of nitrogens with two attached hydrogens (primary N) is 1. The highest BCUT2D eigenvalue weighted by Gasteiger charge is 2.16. The average molecular weight is 219 g/mol. The van der Waals surface area contributed by atoms with E-state index in [0.717, 1.165) is 16.5 Å². The first-order valence-electron chi connectivity index (χ1n) is 3.93. The van der Waals surface area contributed by atoms with Gasteiger partial charge in [-0.05, 0) is 24.9 Å². The van der Waals surface area contributed by atoms with Gasteiger partial charge in [0, 0.05) is 11.3 Å². The Bertz CT molecular complexity index is 238. The molecule has 0 aromatic carbocycles. The molecule has 1 atom stereocenters. The molecule has 0 radical (unpaired) electrons. The highest BCUT2D eigenvalue weighted by Crippen LogP contribution is 2.21. The maximum atomic E-state index is 8.89. The van der Waals surface area contributed by atoms with Gasteiger partial charge in [-0.2, -0.15) is 4.37 Å². The number of nitrogens with zero attached hydrogens (tertiary/aromatic N) is 2. The number of aromatic nitrogens is 2. The lowest BCUT2D eigenvalue weighted by atomic mass is 10.0. The number of thioether (sulfide) groups is 1. The topological polar surface area (TPSA) is 72.0 Å². The van der Waals surface area contributed by atoms with E-state index >= 15 is 0 Å². The molecule has 0 saturated heterocycles. The molecule has 4 nitrogen and oxygen atoms in total. The molecule has 1 aromatic heterocycles. The molecular weight excluding hydrogens is 206 g/mol. The van der Waals surface area contributed by atoms with Crippen LogP contribution in [0.1, 0.15) is 13.3 Å². The predicted octanol–water partition coefficient (Wildman–Crippen LogP) is 0.730. The maximum absolute atomic E-state index is 8.89. The third-order valence-corrected chi connectivity index (χ3v) is 3.40. The molecule has 0 bridgehead atoms. The second kappa shape index (κ2) is 4.90. The van der Waals surface area contributed by atoms with Crippen molar-refractivity contribution in [2.75, 3.05) is 12.4 Å². The molecule has 0 aliphatic carbocycles. The zero-order chi connectivity index (χ0) is 9.73. The highest BCUT2D eigenvalue weighted by molar-refractivity contribution is 8.00. The van der Waals surface area contributed by atoms with Gasteiger partial charge in [-0.25, -0.2) is 4.98 Å². The lowest BCUT2D eigenvalue weighted by Gasteiger charge is -2.20. The van der Waals surface area contributed by atoms with Crippen LogP contribution in [0.5, 0.6) is 0 Å². The van der Waals surface area contributed by atoms with E-state index in [-0.39, 0.29) is 6.61 Å². The molecular formula is C7H13N3OS2. The highest BCUT2D eigenvalue weighted by atomic mass is 32.2. The van der Waals surface area contributed by atoms with Crippen molar-refractivity contribution in [1.29, 1.82) is 0 Å². The van der Waals surface area contributed by atoms with E-state index < -0.39 is 5.54 Å². The molecule has 0 aliphatic rings. The normalized spacial score (nSPS) is 15.6. The van der Waals surface area contributed by atoms with Crippen molar-refractivity contribution in [3.8, 4) is 0 Å². The standard InChI is InChI=1S/C7H13N3OS2/c1-7(8,4-11)2-3-12-6-9-5-10-13-6/h5,11H,2-4,8H2,1H3. The van der Waals surface area contributed by atoms with Crippen molar-refractivity contribution < 1.29 is 5.11 Å². The minimum atomic E-state index is -0.475. The summed E-state index contributed by atoms with van der Waals surface area (Å²) < 4.78 is 4.84. The van der Waals surface area contributed by atoms with Crippen molar-refractivity contribution in [3.05, 3.63) is 6.33 Å². The summed E-state index contributed by atoms with van der Waals surface area (Å²) in [5, 5.41) is 8.89. The predicted molar refractivity (Wildman–Crippen MR) is 54.9 cm³/mol. The summed E-state index contributed by atoms with van der Waals surface area (Å²) in [6.45, 7) is 1.86. The quantitative estimate of drug-likeness (QED) is 0.714. The molecule has 0 saturated carbocycles. The molecule has 6 heteroatoms. The fourth-order valence-corrected chi connectivity index (χ4v) is 2.41. The van der Waals surface area contributed by atoms with Gasteiger partial charge in [-0.15, -0.1) is 0 Å². The Hall–Kier alpha value is -0.170. The molecule has 1 rings (SSSR count). The van der Waals surface area contributed by atoms with Crippen LogP contribution in [0.3, 0.4) is 0 Å². The van der Waals surface area contributed by atoms with Crippen molar-refractivity contribution >= 4 is 23.3 Å². The van der Waals surface area contributed by atoms with Gasteiger partial charge in [0.05, 0.1) is 6.61 Å². The Morgan fingerprint density at radius 3 is 3.08 bits per heavy atom. The van der Waals surface area contributed by atoms with Gasteiger partial charge in [0.2, 0.25) is 0 Å². The fraction of sp³-hybridized carbons (Fsp3) is 0.714. The van der Waals surface area contributed by atoms with Crippen LogP contribution in [-0.2, 0) is 0 Å². The molecule has 13 heavy (non-hydrogen) atoms. The summed E-state index contributed by atoms with van der Waals surface area (Å²) in [6.07, 6.45) is 2.31. The van der Waals surface area contributed by atoms with Gasteiger partial charge in [-0.1, -0.05) is 11.8 Å². The first-order valence-corrected chi connectivity index (χ1v) is 5.69. The summed E-state index contributed by atoms with van der Waals surface area (Å²) in [4.78, 5) is 4.03. The van der Waals surface area contributed by atoms with Crippen LogP contribution in [0.25, 0.3) is 0 Å². The molecule has 1 heterocycles. The lowest BCUT2D eigenvalue weighted by Crippen LogP contribution is -2.40. The summed E-state index contributed by atoms with van der Waals surface area (Å²) in [5.74, 6) is 0.864. The van der Waals surface area contributed by atoms with Crippen LogP contribution in [0, 0.1) is 0 Å². The smallest absolute Gasteiger partial charge is 0.169 e. The Morgan fingerprint density at radius 2 is 2.54 bits per heavy atom. The Labute approximate surface area is 85.7 Å². The van der Waals surface area contributed by atoms with Crippen LogP contribution in [0.15, 0.2) is 10.7 Å². The second-order valence-corrected chi connectivity index (χ2v) is 5.24. The Morgan fingerprint density at radius 1 is 1.77 bits per heavy atom. The molecule has 0 aliphatic heterocycles. The molecule has 1 aromatic rings. The Balaban J connectivity index is 2.21. The van der Waals surface area contributed by atoms with Crippen molar-refractivity contribution in [1.82, 2.24) is 9.36 Å². The molecule has 0 amide bonds. The molecule has 1 unspecified atom stereocenters. The van der Waals surface area contributed by atoms with Crippen LogP contribution in [0.2, 0.25) is 0 Å². The van der Waals surface area contributed by atoms with Crippen molar-refractivity contribution in [2.24, 2.45) is 5.73 Å². The van der Waals surface area contributed by atoms with Gasteiger partial charge in [0.1, 0.15) is 6.33 Å². The van der Waals surface area contributed by atoms with Crippen LogP contribution in [-0.4, -0.2) is 32.4 Å². The van der Waals surface area contributed by atoms with E-state index in [2.05, 4.69) is 9.36 Å². The van der Waals surface area contributed by atoms with E-state index in [1.165, 1.54) is 11.5 Å². The van der Waals surface area contributed by atoms with Gasteiger partial charge < -0.3 is 10.8 Å². The summed E-state index contributed by atoms with van der Waals surface area (Å²) in [6, 6.07) is 0. The van der Waals surface area contributed by atoms with Crippen molar-refractivity contribution in [2.45, 2.75) is 23.2 Å². The van der Waals surface area contributed by atoms with Crippen molar-refractivity contribution in [3.63, 3.8) is 0 Å². The molecule has 3 N–H and O–H groups in total. The van der Waals surface area contributed by atoms with Gasteiger partial charge >= 0.3 is 0 Å². The summed E-state index contributed by atoms with van der Waals surface area (Å²) in [5.41, 5.74) is 5.28. The largest absolute Gasteiger partial charge is 0.394 e. The summed E-state index contributed by atoms with van der Waals surface area (Å²) >= 11 is 3.00. The first-order chi connectivity index (χ1) is 6.14. The van der Waals surface area contributed by atoms with Gasteiger partial charge in [0.25, 0.3) is 0 Å². The zero-order valence-corrected chi connectivity index (χ0v) is 9.07. The lowest BCUT2D eigenvalue weighted by molar-refractivity contribution is 0.206. The Kier molecular flexibility index (Phi) is 4.11. The van der Waals surface area contributed by atoms with Gasteiger partial charge in [0.15, 0.2) is 4.34 Å². The number of rotatable bonds is 5. The average Bonchev–Trinajstić information content (AvgIpc) is 2.57. The third-order valence-electron chi connectivity index (χ3n) is 1.60. The van der Waals surface area contributed by atoms with Crippen LogP contribution in [0.4, 0.5) is 0 Å². The second-order valence-electron chi connectivity index (χ2n) is 3.12. The van der Waals surface area contributed by atoms with E-state index in [0.29, 0.717) is 0 Å². The maximum Gasteiger partial charge on any atom is 0.169 e. The zero-order valence-electron chi connectivity index (χ0n) is 7.43. The molecule has 74 valence electrons. The number of hydrogen-bond acceptors (Lipinski definition) is 6. The molecule has 0 fully saturated rings. The van der Waals surface area contributed by atoms with Crippen LogP contribution < -0.4 is 5.73 Å². The van der Waals surface area contributed by atoms with E-state index in [1.807, 2.05) is 6.92 Å². The SMILES string of the molecule is CC(N)(CO)CCSc1ncns1. The molecule has 0 spiro atoms. The van der Waals surface area contributed by atoms with E-state index in [4.69, 9.17) is 10.8 Å². The first kappa shape index (κ1) is 10.9. The number of aliphatic hydroxyl groups excluding tert-OH is 1. The summed E-state index contributed by atoms with van der Waals surface area (Å²) in [7, 11) is 0. The van der Waals surface area contributed by atoms with Crippen LogP contribution >= 0.6 is 23.3 Å².